The molecular weight excluding hydrogens is 205 g/mol. The van der Waals surface area contributed by atoms with Crippen molar-refractivity contribution in [1.29, 1.82) is 0 Å². The summed E-state index contributed by atoms with van der Waals surface area (Å²) in [6.07, 6.45) is 0.890. The van der Waals surface area contributed by atoms with E-state index >= 15 is 0 Å². The van der Waals surface area contributed by atoms with Gasteiger partial charge in [-0.05, 0) is 32.1 Å². The molecule has 1 N–H and O–H groups in total. The molecule has 0 radical (unpaired) electrons. The third kappa shape index (κ3) is 3.52. The number of hydrogen-bond acceptors (Lipinski definition) is 2. The van der Waals surface area contributed by atoms with E-state index in [4.69, 9.17) is 16.3 Å². The highest BCUT2D eigenvalue weighted by atomic mass is 35.5. The minimum Gasteiger partial charge on any atom is -0.493 e. The highest BCUT2D eigenvalue weighted by molar-refractivity contribution is 6.30. The van der Waals surface area contributed by atoms with Gasteiger partial charge >= 0.3 is 0 Å². The van der Waals surface area contributed by atoms with Gasteiger partial charge in [-0.15, -0.1) is 0 Å². The average Bonchev–Trinajstić information content (AvgIpc) is 2.18. The van der Waals surface area contributed by atoms with E-state index in [1.54, 1.807) is 6.07 Å². The van der Waals surface area contributed by atoms with Gasteiger partial charge in [-0.2, -0.15) is 0 Å². The van der Waals surface area contributed by atoms with Gasteiger partial charge in [-0.25, -0.2) is 4.39 Å². The molecule has 0 fully saturated rings. The summed E-state index contributed by atoms with van der Waals surface area (Å²) in [7, 11) is 1.88. The van der Waals surface area contributed by atoms with E-state index < -0.39 is 5.82 Å². The first-order chi connectivity index (χ1) is 6.74. The van der Waals surface area contributed by atoms with Gasteiger partial charge in [0, 0.05) is 6.07 Å². The Morgan fingerprint density at radius 1 is 1.50 bits per heavy atom. The standard InChI is InChI=1S/C10H13ClFNO/c1-13-5-2-6-14-8-3-4-9(11)10(12)7-8/h3-4,7,13H,2,5-6H2,1H3. The van der Waals surface area contributed by atoms with Crippen LogP contribution >= 0.6 is 11.6 Å². The Labute approximate surface area is 88.0 Å². The van der Waals surface area contributed by atoms with E-state index in [1.165, 1.54) is 12.1 Å². The minimum absolute atomic E-state index is 0.118. The van der Waals surface area contributed by atoms with Gasteiger partial charge in [0.25, 0.3) is 0 Å². The Hall–Kier alpha value is -0.800. The molecule has 0 aliphatic heterocycles. The Morgan fingerprint density at radius 3 is 2.93 bits per heavy atom. The van der Waals surface area contributed by atoms with Crippen LogP contribution in [0.5, 0.6) is 5.75 Å². The van der Waals surface area contributed by atoms with Crippen molar-refractivity contribution in [2.24, 2.45) is 0 Å². The molecule has 78 valence electrons. The number of hydrogen-bond donors (Lipinski definition) is 1. The smallest absolute Gasteiger partial charge is 0.145 e. The number of nitrogens with one attached hydrogen (secondary N) is 1. The largest absolute Gasteiger partial charge is 0.493 e. The monoisotopic (exact) mass is 217 g/mol. The molecule has 0 bridgehead atoms. The first-order valence-electron chi connectivity index (χ1n) is 4.46. The van der Waals surface area contributed by atoms with Gasteiger partial charge in [0.1, 0.15) is 11.6 Å². The van der Waals surface area contributed by atoms with Crippen molar-refractivity contribution in [1.82, 2.24) is 5.32 Å². The molecule has 0 atom stereocenters. The molecule has 0 aliphatic carbocycles. The lowest BCUT2D eigenvalue weighted by Crippen LogP contribution is -2.11. The number of halogens is 2. The Balaban J connectivity index is 2.39. The molecule has 0 aliphatic rings. The zero-order chi connectivity index (χ0) is 10.4. The van der Waals surface area contributed by atoms with E-state index in [0.717, 1.165) is 13.0 Å². The van der Waals surface area contributed by atoms with Crippen LogP contribution in [0.2, 0.25) is 5.02 Å². The molecule has 14 heavy (non-hydrogen) atoms. The second kappa shape index (κ2) is 5.83. The van der Waals surface area contributed by atoms with Crippen molar-refractivity contribution in [3.8, 4) is 5.75 Å². The predicted octanol–water partition coefficient (Wildman–Crippen LogP) is 2.47. The normalized spacial score (nSPS) is 10.2. The SMILES string of the molecule is CNCCCOc1ccc(Cl)c(F)c1. The molecule has 0 amide bonds. The molecule has 0 spiro atoms. The quantitative estimate of drug-likeness (QED) is 0.766. The maximum absolute atomic E-state index is 12.9. The van der Waals surface area contributed by atoms with Crippen LogP contribution in [0, 0.1) is 5.82 Å². The summed E-state index contributed by atoms with van der Waals surface area (Å²) < 4.78 is 18.2. The molecule has 0 unspecified atom stereocenters. The first kappa shape index (κ1) is 11.3. The Morgan fingerprint density at radius 2 is 2.29 bits per heavy atom. The summed E-state index contributed by atoms with van der Waals surface area (Å²) in [6.45, 7) is 1.46. The van der Waals surface area contributed by atoms with Crippen molar-refractivity contribution in [2.45, 2.75) is 6.42 Å². The summed E-state index contributed by atoms with van der Waals surface area (Å²) in [5, 5.41) is 3.12. The van der Waals surface area contributed by atoms with E-state index in [0.29, 0.717) is 12.4 Å². The number of benzene rings is 1. The fourth-order valence-electron chi connectivity index (χ4n) is 1.01. The molecule has 0 heterocycles. The zero-order valence-corrected chi connectivity index (χ0v) is 8.77. The summed E-state index contributed by atoms with van der Waals surface area (Å²) in [5.74, 6) is 0.0702. The van der Waals surface area contributed by atoms with Crippen LogP contribution < -0.4 is 10.1 Å². The summed E-state index contributed by atoms with van der Waals surface area (Å²) in [6, 6.07) is 4.44. The molecular formula is C10H13ClFNO. The van der Waals surface area contributed by atoms with Crippen LogP contribution in [0.25, 0.3) is 0 Å². The van der Waals surface area contributed by atoms with Crippen molar-refractivity contribution < 1.29 is 9.13 Å². The molecule has 4 heteroatoms. The number of rotatable bonds is 5. The predicted molar refractivity (Wildman–Crippen MR) is 55.4 cm³/mol. The average molecular weight is 218 g/mol. The molecule has 1 aromatic rings. The molecule has 1 aromatic carbocycles. The molecule has 1 rings (SSSR count). The second-order valence-electron chi connectivity index (χ2n) is 2.88. The lowest BCUT2D eigenvalue weighted by Gasteiger charge is -2.06. The number of ether oxygens (including phenoxy) is 1. The van der Waals surface area contributed by atoms with Crippen LogP contribution in [0.4, 0.5) is 4.39 Å². The van der Waals surface area contributed by atoms with E-state index in [-0.39, 0.29) is 5.02 Å². The summed E-state index contributed by atoms with van der Waals surface area (Å²) in [5.41, 5.74) is 0. The molecule has 2 nitrogen and oxygen atoms in total. The van der Waals surface area contributed by atoms with Crippen LogP contribution in [0.1, 0.15) is 6.42 Å². The van der Waals surface area contributed by atoms with Gasteiger partial charge in [-0.3, -0.25) is 0 Å². The summed E-state index contributed by atoms with van der Waals surface area (Å²) in [4.78, 5) is 0. The third-order valence-electron chi connectivity index (χ3n) is 1.73. The van der Waals surface area contributed by atoms with Crippen molar-refractivity contribution in [2.75, 3.05) is 20.2 Å². The maximum Gasteiger partial charge on any atom is 0.145 e. The molecule has 0 aromatic heterocycles. The van der Waals surface area contributed by atoms with Crippen LogP contribution in [-0.2, 0) is 0 Å². The van der Waals surface area contributed by atoms with Gasteiger partial charge in [-0.1, -0.05) is 11.6 Å². The topological polar surface area (TPSA) is 21.3 Å². The Bertz CT molecular complexity index is 293. The first-order valence-corrected chi connectivity index (χ1v) is 4.84. The highest BCUT2D eigenvalue weighted by Gasteiger charge is 2.00. The van der Waals surface area contributed by atoms with Crippen molar-refractivity contribution in [3.63, 3.8) is 0 Å². The van der Waals surface area contributed by atoms with Crippen LogP contribution in [-0.4, -0.2) is 20.2 Å². The van der Waals surface area contributed by atoms with Gasteiger partial charge < -0.3 is 10.1 Å². The maximum atomic E-state index is 12.9. The van der Waals surface area contributed by atoms with Crippen molar-refractivity contribution in [3.05, 3.63) is 29.0 Å². The fourth-order valence-corrected chi connectivity index (χ4v) is 1.12. The lowest BCUT2D eigenvalue weighted by molar-refractivity contribution is 0.308. The molecule has 0 saturated heterocycles. The lowest BCUT2D eigenvalue weighted by atomic mass is 10.3. The summed E-state index contributed by atoms with van der Waals surface area (Å²) >= 11 is 5.52. The zero-order valence-electron chi connectivity index (χ0n) is 8.02. The van der Waals surface area contributed by atoms with Crippen LogP contribution in [0.3, 0.4) is 0 Å². The van der Waals surface area contributed by atoms with E-state index in [1.807, 2.05) is 7.05 Å². The third-order valence-corrected chi connectivity index (χ3v) is 2.04. The fraction of sp³-hybridized carbons (Fsp3) is 0.400. The van der Waals surface area contributed by atoms with Crippen molar-refractivity contribution >= 4 is 11.6 Å². The van der Waals surface area contributed by atoms with E-state index in [9.17, 15) is 4.39 Å². The van der Waals surface area contributed by atoms with Crippen LogP contribution in [0.15, 0.2) is 18.2 Å². The Kier molecular flexibility index (Phi) is 4.70. The van der Waals surface area contributed by atoms with Gasteiger partial charge in [0.15, 0.2) is 0 Å². The molecule has 0 saturated carbocycles. The van der Waals surface area contributed by atoms with Gasteiger partial charge in [0.05, 0.1) is 11.6 Å². The van der Waals surface area contributed by atoms with E-state index in [2.05, 4.69) is 5.32 Å². The minimum atomic E-state index is -0.446. The second-order valence-corrected chi connectivity index (χ2v) is 3.29. The highest BCUT2D eigenvalue weighted by Crippen LogP contribution is 2.20. The van der Waals surface area contributed by atoms with Gasteiger partial charge in [0.2, 0.25) is 0 Å².